The van der Waals surface area contributed by atoms with E-state index < -0.39 is 116 Å². The Hall–Kier alpha value is -2.21. The third-order valence-electron chi connectivity index (χ3n) is 23.5. The fourth-order valence-corrected chi connectivity index (χ4v) is 18.2. The number of aliphatic hydroxyl groups excluding tert-OH is 5. The molecule has 11 unspecified atom stereocenters. The lowest BCUT2D eigenvalue weighted by atomic mass is 9.33. The molecular weight excluding hydrogens is 1080 g/mol. The van der Waals surface area contributed by atoms with Crippen LogP contribution in [0.15, 0.2) is 11.6 Å². The highest BCUT2D eigenvalue weighted by Crippen LogP contribution is 2.76. The van der Waals surface area contributed by atoms with E-state index in [9.17, 15) is 35.1 Å². The maximum atomic E-state index is 16.2. The Morgan fingerprint density at radius 3 is 2.02 bits per heavy atom. The van der Waals surface area contributed by atoms with E-state index in [2.05, 4.69) is 59.9 Å². The predicted octanol–water partition coefficient (Wildman–Crippen LogP) is 7.50. The van der Waals surface area contributed by atoms with Crippen molar-refractivity contribution in [1.29, 1.82) is 0 Å². The molecule has 8 fully saturated rings. The van der Waals surface area contributed by atoms with Gasteiger partial charge in [0.2, 0.25) is 12.2 Å². The molecule has 0 aromatic rings. The third-order valence-corrected chi connectivity index (χ3v) is 23.5. The minimum atomic E-state index is -1.64. The molecule has 4 saturated carbocycles. The number of methoxy groups -OCH3 is 2. The van der Waals surface area contributed by atoms with E-state index in [1.165, 1.54) is 5.57 Å². The van der Waals surface area contributed by atoms with Gasteiger partial charge in [0.05, 0.1) is 37.1 Å². The Morgan fingerprint density at radius 1 is 0.714 bits per heavy atom. The monoisotopic (exact) mass is 1190 g/mol. The van der Waals surface area contributed by atoms with Gasteiger partial charge in [0, 0.05) is 27.1 Å². The quantitative estimate of drug-likeness (QED) is 0.0369. The van der Waals surface area contributed by atoms with Gasteiger partial charge in [-0.25, -0.2) is 0 Å². The average molecular weight is 1190 g/mol. The number of fused-ring (bicyclic) bond motifs is 8. The van der Waals surface area contributed by atoms with Gasteiger partial charge in [-0.3, -0.25) is 9.59 Å². The van der Waals surface area contributed by atoms with Crippen molar-refractivity contribution in [3.63, 3.8) is 0 Å². The van der Waals surface area contributed by atoms with Crippen LogP contribution >= 0.6 is 0 Å². The first-order chi connectivity index (χ1) is 39.5. The number of allylic oxidation sites excluding steroid dienone is 2. The molecule has 24 atom stereocenters. The van der Waals surface area contributed by atoms with Crippen LogP contribution in [0, 0.1) is 50.7 Å². The number of hydrogen-bond donors (Lipinski definition) is 6. The van der Waals surface area contributed by atoms with Crippen LogP contribution in [0.3, 0.4) is 0 Å². The van der Waals surface area contributed by atoms with E-state index in [0.29, 0.717) is 49.9 Å². The van der Waals surface area contributed by atoms with Gasteiger partial charge in [0.25, 0.3) is 0 Å². The van der Waals surface area contributed by atoms with Crippen molar-refractivity contribution in [3.05, 3.63) is 11.6 Å². The van der Waals surface area contributed by atoms with E-state index in [1.54, 1.807) is 34.8 Å². The van der Waals surface area contributed by atoms with Crippen molar-refractivity contribution < 1.29 is 87.3 Å². The van der Waals surface area contributed by atoms with Crippen LogP contribution in [0.25, 0.3) is 0 Å². The molecule has 0 radical (unpaired) electrons. The summed E-state index contributed by atoms with van der Waals surface area (Å²) in [6.45, 7) is 22.5. The zero-order valence-corrected chi connectivity index (χ0v) is 52.9. The summed E-state index contributed by atoms with van der Waals surface area (Å²) in [6.07, 6.45) is 0.732. The van der Waals surface area contributed by atoms with E-state index in [1.807, 2.05) is 7.11 Å². The van der Waals surface area contributed by atoms with Gasteiger partial charge in [-0.1, -0.05) is 91.7 Å². The van der Waals surface area contributed by atoms with Crippen molar-refractivity contribution >= 4 is 17.7 Å². The Labute approximate surface area is 499 Å². The first-order valence-electron chi connectivity index (χ1n) is 32.2. The fraction of sp³-hybridized carbons (Fsp3) is 0.923. The van der Waals surface area contributed by atoms with Gasteiger partial charge < -0.3 is 83.0 Å². The maximum Gasteiger partial charge on any atom is 0.317 e. The normalized spacial score (nSPS) is 46.7. The minimum Gasteiger partial charge on any atom is -0.432 e. The van der Waals surface area contributed by atoms with Crippen LogP contribution in [0.1, 0.15) is 198 Å². The summed E-state index contributed by atoms with van der Waals surface area (Å²) in [4.78, 5) is 41.3. The molecule has 0 spiro atoms. The summed E-state index contributed by atoms with van der Waals surface area (Å²) in [5.74, 6) is -0.983. The summed E-state index contributed by atoms with van der Waals surface area (Å²) in [5.41, 5.74) is -0.684. The smallest absolute Gasteiger partial charge is 0.317 e. The highest BCUT2D eigenvalue weighted by Gasteiger charge is 2.73. The Morgan fingerprint density at radius 2 is 1.37 bits per heavy atom. The van der Waals surface area contributed by atoms with Gasteiger partial charge in [0.15, 0.2) is 24.5 Å². The molecule has 0 aromatic heterocycles. The first kappa shape index (κ1) is 66.2. The molecule has 9 aliphatic rings. The summed E-state index contributed by atoms with van der Waals surface area (Å²) in [6, 6.07) is -1.22. The second-order valence-corrected chi connectivity index (χ2v) is 29.5. The lowest BCUT2D eigenvalue weighted by molar-refractivity contribution is -0.359. The highest BCUT2D eigenvalue weighted by atomic mass is 16.8. The molecule has 19 heteroatoms. The molecule has 0 aromatic carbocycles. The number of carbonyl (C=O) groups excluding carboxylic acids is 3. The van der Waals surface area contributed by atoms with Crippen LogP contribution in [-0.4, -0.2) is 174 Å². The van der Waals surface area contributed by atoms with Crippen LogP contribution in [0.2, 0.25) is 0 Å². The van der Waals surface area contributed by atoms with Crippen molar-refractivity contribution in [3.8, 4) is 0 Å². The van der Waals surface area contributed by atoms with Crippen molar-refractivity contribution in [2.24, 2.45) is 50.7 Å². The SMILES string of the molecule is COC1C[C@]2(C)C(=CCC3C4(C)CC[C@H](C)[C@](C)(OC)[C@@H]4CC[C@@]32C)C2CC(C)(C)CC[C@]12C(=O)O[C@@H]1OC(CO)[C@H](NC(=O)CCCCCCCCCCC(C)=O)C(O)C1O[C@@H]1O[C@H](C)[C@H](O[C@@H]2OC[C@@H](O)C(O)C2O)C2OC(C)(C)OC21. The number of hydrogen-bond acceptors (Lipinski definition) is 18. The maximum absolute atomic E-state index is 16.2. The summed E-state index contributed by atoms with van der Waals surface area (Å²) in [5, 5.41) is 58.5. The van der Waals surface area contributed by atoms with Gasteiger partial charge in [0.1, 0.15) is 60.0 Å². The van der Waals surface area contributed by atoms with Gasteiger partial charge in [-0.2, -0.15) is 0 Å². The molecule has 84 heavy (non-hydrogen) atoms. The zero-order valence-electron chi connectivity index (χ0n) is 52.9. The molecule has 1 amide bonds. The molecule has 4 aliphatic heterocycles. The number of rotatable bonds is 21. The molecule has 4 saturated heterocycles. The van der Waals surface area contributed by atoms with Gasteiger partial charge >= 0.3 is 5.97 Å². The standard InChI is InChI=1S/C65H107NO18/c1-36-26-28-61(8)43-25-24-39-40-32-59(4,5)30-31-65(40,45(75-12)33-63(39,10)62(43,9)29-27-44(61)64(36,11)76-13)58(74)82-56-52(49(72)47(42(34-67)79-56)66-46(70)23-21-19-17-15-14-16-18-20-22-37(2)68)81-57-54-53(83-60(6,7)84-54)51(38(3)78-57)80-55-50(73)48(71)41(69)35-77-55/h24,36,38,40-45,47-57,67,69,71-73H,14-23,25-35H2,1-13H3,(H,66,70)/t36-,38+,40?,41+,42?,43?,44+,45?,47-,48?,49?,50?,51-,52?,53?,54?,55-,56-,57-,61?,62-,63+,64-,65+/m0/s1. The second kappa shape index (κ2) is 25.6. The molecule has 6 N–H and O–H groups in total. The molecule has 19 nitrogen and oxygen atoms in total. The van der Waals surface area contributed by atoms with Crippen LogP contribution in [0.5, 0.6) is 0 Å². The molecule has 4 heterocycles. The van der Waals surface area contributed by atoms with Gasteiger partial charge in [-0.15, -0.1) is 0 Å². The third kappa shape index (κ3) is 12.2. The zero-order chi connectivity index (χ0) is 61.1. The number of nitrogens with one attached hydrogen (secondary N) is 1. The lowest BCUT2D eigenvalue weighted by Gasteiger charge is -2.72. The highest BCUT2D eigenvalue weighted by molar-refractivity contribution is 5.80. The number of Topliss-reactive ketones (excluding diaryl/α,β-unsaturated/α-hetero) is 1. The van der Waals surface area contributed by atoms with Crippen LogP contribution in [-0.2, 0) is 61.8 Å². The van der Waals surface area contributed by atoms with Crippen molar-refractivity contribution in [1.82, 2.24) is 5.32 Å². The summed E-state index contributed by atoms with van der Waals surface area (Å²) < 4.78 is 65.0. The van der Waals surface area contributed by atoms with Crippen molar-refractivity contribution in [2.45, 2.75) is 302 Å². The first-order valence-corrected chi connectivity index (χ1v) is 32.2. The number of amides is 1. The molecule has 0 bridgehead atoms. The average Bonchev–Trinajstić information content (AvgIpc) is 0.855. The fourth-order valence-electron chi connectivity index (χ4n) is 18.2. The van der Waals surface area contributed by atoms with E-state index in [0.717, 1.165) is 83.5 Å². The Kier molecular flexibility index (Phi) is 20.2. The van der Waals surface area contributed by atoms with E-state index in [4.69, 9.17) is 47.4 Å². The lowest BCUT2D eigenvalue weighted by Crippen LogP contribution is -2.70. The topological polar surface area (TPSA) is 257 Å². The summed E-state index contributed by atoms with van der Waals surface area (Å²) >= 11 is 0. The number of esters is 1. The number of ether oxygens (including phenoxy) is 10. The Balaban J connectivity index is 1.000. The number of ketones is 1. The molecular formula is C65H107NO18. The van der Waals surface area contributed by atoms with Gasteiger partial charge in [-0.05, 0) is 151 Å². The molecule has 480 valence electrons. The van der Waals surface area contributed by atoms with Crippen molar-refractivity contribution in [2.75, 3.05) is 27.4 Å². The molecule has 9 rings (SSSR count). The van der Waals surface area contributed by atoms with E-state index >= 15 is 4.79 Å². The largest absolute Gasteiger partial charge is 0.432 e. The Bertz CT molecular complexity index is 2330. The number of aliphatic hydroxyl groups is 5. The van der Waals surface area contributed by atoms with Crippen LogP contribution in [0.4, 0.5) is 0 Å². The number of unbranched alkanes of at least 4 members (excludes halogenated alkanes) is 7. The minimum absolute atomic E-state index is 0.0320. The van der Waals surface area contributed by atoms with Crippen LogP contribution < -0.4 is 5.32 Å². The van der Waals surface area contributed by atoms with E-state index in [-0.39, 0.29) is 57.9 Å². The predicted molar refractivity (Wildman–Crippen MR) is 308 cm³/mol. The summed E-state index contributed by atoms with van der Waals surface area (Å²) in [7, 11) is 3.59. The number of carbonyl (C=O) groups is 3. The molecule has 5 aliphatic carbocycles. The second-order valence-electron chi connectivity index (χ2n) is 29.5.